The highest BCUT2D eigenvalue weighted by Crippen LogP contribution is 2.54. The fourth-order valence-electron chi connectivity index (χ4n) is 11.2. The van der Waals surface area contributed by atoms with Crippen LogP contribution < -0.4 is 4.90 Å². The Morgan fingerprint density at radius 2 is 1.14 bits per heavy atom. The molecule has 2 atom stereocenters. The van der Waals surface area contributed by atoms with E-state index in [1.807, 2.05) is 0 Å². The van der Waals surface area contributed by atoms with E-state index < -0.39 is 0 Å². The van der Waals surface area contributed by atoms with Crippen LogP contribution in [-0.4, -0.2) is 0 Å². The van der Waals surface area contributed by atoms with Gasteiger partial charge in [0.2, 0.25) is 0 Å². The Balaban J connectivity index is 1.13. The van der Waals surface area contributed by atoms with E-state index >= 15 is 0 Å². The van der Waals surface area contributed by atoms with Crippen molar-refractivity contribution in [1.29, 1.82) is 0 Å². The quantitative estimate of drug-likeness (QED) is 0.151. The molecule has 324 valence electrons. The van der Waals surface area contributed by atoms with E-state index in [0.29, 0.717) is 0 Å². The lowest BCUT2D eigenvalue weighted by molar-refractivity contribution is 0.567. The van der Waals surface area contributed by atoms with Crippen LogP contribution in [-0.2, 0) is 16.2 Å². The molecule has 0 fully saturated rings. The van der Waals surface area contributed by atoms with E-state index in [1.165, 1.54) is 94.0 Å². The third-order valence-corrected chi connectivity index (χ3v) is 14.8. The van der Waals surface area contributed by atoms with Gasteiger partial charge < -0.3 is 4.90 Å². The van der Waals surface area contributed by atoms with Crippen LogP contribution in [0.2, 0.25) is 0 Å². The number of benzene rings is 8. The SMILES string of the molecule is CC(C)(C)c1cc(C2=CC=CC3=CC=CC(c4ccccc4N(c4ccc5c(c4)C(C)(C)c4ccccc4-5)c4ccccc4-c4cccc5c4ccc4ccccc45)C32)cc(C(C)(C)C)c1. The Labute approximate surface area is 392 Å². The normalized spacial score (nSPS) is 17.3. The molecule has 0 amide bonds. The van der Waals surface area contributed by atoms with Crippen molar-refractivity contribution in [1.82, 2.24) is 0 Å². The zero-order valence-corrected chi connectivity index (χ0v) is 39.7. The van der Waals surface area contributed by atoms with Crippen LogP contribution in [0.5, 0.6) is 0 Å². The Morgan fingerprint density at radius 3 is 1.92 bits per heavy atom. The fraction of sp³-hybridized carbons (Fsp3) is 0.200. The molecular formula is C65H59N. The van der Waals surface area contributed by atoms with Gasteiger partial charge in [0, 0.05) is 34.2 Å². The molecule has 2 unspecified atom stereocenters. The van der Waals surface area contributed by atoms with Crippen LogP contribution in [0.4, 0.5) is 17.1 Å². The van der Waals surface area contributed by atoms with E-state index in [9.17, 15) is 0 Å². The first-order valence-electron chi connectivity index (χ1n) is 23.8. The minimum atomic E-state index is -0.156. The Morgan fingerprint density at radius 1 is 0.485 bits per heavy atom. The number of rotatable bonds is 6. The summed E-state index contributed by atoms with van der Waals surface area (Å²) in [5, 5.41) is 5.06. The van der Waals surface area contributed by atoms with Gasteiger partial charge in [0.1, 0.15) is 0 Å². The molecule has 8 aromatic carbocycles. The van der Waals surface area contributed by atoms with Crippen molar-refractivity contribution in [2.75, 3.05) is 4.90 Å². The van der Waals surface area contributed by atoms with Gasteiger partial charge >= 0.3 is 0 Å². The van der Waals surface area contributed by atoms with Crippen LogP contribution in [0.1, 0.15) is 94.7 Å². The summed E-state index contributed by atoms with van der Waals surface area (Å²) in [5.74, 6) is 0.198. The number of anilines is 3. The van der Waals surface area contributed by atoms with Gasteiger partial charge in [-0.05, 0) is 118 Å². The molecule has 0 N–H and O–H groups in total. The summed E-state index contributed by atoms with van der Waals surface area (Å²) in [5.41, 5.74) is 19.3. The predicted octanol–water partition coefficient (Wildman–Crippen LogP) is 17.9. The van der Waals surface area contributed by atoms with Crippen LogP contribution in [0.15, 0.2) is 206 Å². The van der Waals surface area contributed by atoms with Crippen molar-refractivity contribution < 1.29 is 0 Å². The van der Waals surface area contributed by atoms with Crippen molar-refractivity contribution in [3.05, 3.63) is 239 Å². The van der Waals surface area contributed by atoms with Crippen molar-refractivity contribution >= 4 is 44.2 Å². The van der Waals surface area contributed by atoms with Crippen LogP contribution in [0.3, 0.4) is 0 Å². The minimum Gasteiger partial charge on any atom is -0.310 e. The van der Waals surface area contributed by atoms with Crippen molar-refractivity contribution in [2.24, 2.45) is 5.92 Å². The maximum absolute atomic E-state index is 2.58. The second-order valence-electron chi connectivity index (χ2n) is 21.3. The highest BCUT2D eigenvalue weighted by Gasteiger charge is 2.38. The summed E-state index contributed by atoms with van der Waals surface area (Å²) in [6.07, 6.45) is 14.1. The van der Waals surface area contributed by atoms with E-state index in [4.69, 9.17) is 0 Å². The molecule has 3 aliphatic rings. The molecular weight excluding hydrogens is 795 g/mol. The molecule has 0 spiro atoms. The van der Waals surface area contributed by atoms with Gasteiger partial charge in [-0.3, -0.25) is 0 Å². The largest absolute Gasteiger partial charge is 0.310 e. The maximum atomic E-state index is 2.58. The van der Waals surface area contributed by atoms with Gasteiger partial charge in [-0.25, -0.2) is 0 Å². The first kappa shape index (κ1) is 41.7. The summed E-state index contributed by atoms with van der Waals surface area (Å²) in [6, 6.07) is 62.1. The molecule has 1 nitrogen and oxygen atoms in total. The molecule has 3 aliphatic carbocycles. The molecule has 0 heterocycles. The number of fused-ring (bicyclic) bond motifs is 7. The van der Waals surface area contributed by atoms with Crippen molar-refractivity contribution in [3.63, 3.8) is 0 Å². The standard InChI is InChI=1S/C65H59N/c1-63(2,3)45-38-44(39-46(40-45)64(4,5)6)49-27-17-21-43-22-18-30-57(62(43)49)56-26-13-16-33-61(56)66(47-35-37-54-53-24-11-14-31-58(53)65(7,8)59(54)41-47)60-32-15-12-25-55(60)51-29-19-28-50-48-23-10-9-20-42(48)34-36-52(50)51/h9-41,57,62H,1-8H3. The van der Waals surface area contributed by atoms with Gasteiger partial charge in [-0.1, -0.05) is 231 Å². The second-order valence-corrected chi connectivity index (χ2v) is 21.3. The van der Waals surface area contributed by atoms with E-state index in [0.717, 1.165) is 11.4 Å². The molecule has 1 heteroatoms. The average Bonchev–Trinajstić information content (AvgIpc) is 3.55. The highest BCUT2D eigenvalue weighted by atomic mass is 15.1. The van der Waals surface area contributed by atoms with Gasteiger partial charge in [-0.15, -0.1) is 0 Å². The van der Waals surface area contributed by atoms with E-state index in [2.05, 4.69) is 261 Å². The molecule has 0 aliphatic heterocycles. The Hall–Kier alpha value is -6.96. The van der Waals surface area contributed by atoms with Crippen LogP contribution in [0, 0.1) is 5.92 Å². The zero-order chi connectivity index (χ0) is 45.5. The number of hydrogen-bond acceptors (Lipinski definition) is 1. The Kier molecular flexibility index (Phi) is 9.86. The topological polar surface area (TPSA) is 3.24 Å². The first-order valence-corrected chi connectivity index (χ1v) is 23.8. The Bertz CT molecular complexity index is 3340. The smallest absolute Gasteiger partial charge is 0.0540 e. The number of nitrogens with zero attached hydrogens (tertiary/aromatic N) is 1. The monoisotopic (exact) mass is 853 g/mol. The van der Waals surface area contributed by atoms with Crippen LogP contribution >= 0.6 is 0 Å². The van der Waals surface area contributed by atoms with E-state index in [1.54, 1.807) is 0 Å². The summed E-state index contributed by atoms with van der Waals surface area (Å²) < 4.78 is 0. The maximum Gasteiger partial charge on any atom is 0.0540 e. The summed E-state index contributed by atoms with van der Waals surface area (Å²) in [7, 11) is 0. The first-order chi connectivity index (χ1) is 31.8. The van der Waals surface area contributed by atoms with Crippen molar-refractivity contribution in [3.8, 4) is 22.3 Å². The van der Waals surface area contributed by atoms with Gasteiger partial charge in [0.25, 0.3) is 0 Å². The number of para-hydroxylation sites is 2. The highest BCUT2D eigenvalue weighted by molar-refractivity contribution is 6.13. The molecule has 0 saturated heterocycles. The molecule has 0 bridgehead atoms. The fourth-order valence-corrected chi connectivity index (χ4v) is 11.2. The number of allylic oxidation sites excluding steroid dienone is 8. The molecule has 8 aromatic rings. The predicted molar refractivity (Wildman–Crippen MR) is 284 cm³/mol. The van der Waals surface area contributed by atoms with Crippen molar-refractivity contribution in [2.45, 2.75) is 77.6 Å². The molecule has 0 saturated carbocycles. The second kappa shape index (κ2) is 15.6. The average molecular weight is 854 g/mol. The summed E-state index contributed by atoms with van der Waals surface area (Å²) in [4.78, 5) is 2.58. The third kappa shape index (κ3) is 6.91. The van der Waals surface area contributed by atoms with Crippen LogP contribution in [0.25, 0.3) is 49.4 Å². The van der Waals surface area contributed by atoms with Gasteiger partial charge in [0.15, 0.2) is 0 Å². The zero-order valence-electron chi connectivity index (χ0n) is 39.7. The number of hydrogen-bond donors (Lipinski definition) is 0. The summed E-state index contributed by atoms with van der Waals surface area (Å²) in [6.45, 7) is 18.8. The molecule has 66 heavy (non-hydrogen) atoms. The van der Waals surface area contributed by atoms with Gasteiger partial charge in [-0.2, -0.15) is 0 Å². The summed E-state index contributed by atoms with van der Waals surface area (Å²) >= 11 is 0. The molecule has 11 rings (SSSR count). The minimum absolute atomic E-state index is 0.00901. The lowest BCUT2D eigenvalue weighted by Gasteiger charge is -2.37. The van der Waals surface area contributed by atoms with Gasteiger partial charge in [0.05, 0.1) is 5.69 Å². The third-order valence-electron chi connectivity index (χ3n) is 14.8. The molecule has 0 aromatic heterocycles. The molecule has 0 radical (unpaired) electrons. The lowest BCUT2D eigenvalue weighted by atomic mass is 9.69. The lowest BCUT2D eigenvalue weighted by Crippen LogP contribution is -2.23. The van der Waals surface area contributed by atoms with E-state index in [-0.39, 0.29) is 28.1 Å².